The molecular weight excluding hydrogens is 214 g/mol. The van der Waals surface area contributed by atoms with Crippen LogP contribution in [0.15, 0.2) is 16.8 Å². The Labute approximate surface area is 104 Å². The van der Waals surface area contributed by atoms with Crippen molar-refractivity contribution in [3.63, 3.8) is 0 Å². The van der Waals surface area contributed by atoms with Crippen LogP contribution in [-0.2, 0) is 6.42 Å². The van der Waals surface area contributed by atoms with Crippen molar-refractivity contribution in [3.8, 4) is 0 Å². The van der Waals surface area contributed by atoms with Crippen LogP contribution in [0.5, 0.6) is 0 Å². The van der Waals surface area contributed by atoms with Gasteiger partial charge in [0.25, 0.3) is 0 Å². The van der Waals surface area contributed by atoms with Gasteiger partial charge in [-0.2, -0.15) is 11.3 Å². The lowest BCUT2D eigenvalue weighted by molar-refractivity contribution is 0.226. The van der Waals surface area contributed by atoms with Crippen molar-refractivity contribution in [2.24, 2.45) is 11.3 Å². The third-order valence-electron chi connectivity index (χ3n) is 3.06. The Balaban J connectivity index is 2.58. The number of hydrogen-bond donors (Lipinski definition) is 1. The third kappa shape index (κ3) is 4.67. The molecule has 1 aromatic heterocycles. The van der Waals surface area contributed by atoms with E-state index in [2.05, 4.69) is 56.8 Å². The van der Waals surface area contributed by atoms with Crippen molar-refractivity contribution in [1.82, 2.24) is 5.32 Å². The highest BCUT2D eigenvalue weighted by atomic mass is 32.1. The lowest BCUT2D eigenvalue weighted by atomic mass is 9.77. The lowest BCUT2D eigenvalue weighted by Crippen LogP contribution is -2.36. The second kappa shape index (κ2) is 5.83. The van der Waals surface area contributed by atoms with Crippen molar-refractivity contribution < 1.29 is 0 Å². The molecule has 1 atom stereocenters. The molecular formula is C14H25NS. The van der Waals surface area contributed by atoms with Crippen molar-refractivity contribution in [2.75, 3.05) is 6.54 Å². The van der Waals surface area contributed by atoms with Crippen molar-refractivity contribution >= 4 is 11.3 Å². The second-order valence-electron chi connectivity index (χ2n) is 5.96. The maximum atomic E-state index is 3.57. The molecule has 16 heavy (non-hydrogen) atoms. The van der Waals surface area contributed by atoms with Gasteiger partial charge in [0, 0.05) is 6.04 Å². The first-order valence-corrected chi connectivity index (χ1v) is 7.08. The van der Waals surface area contributed by atoms with Crippen LogP contribution in [0.4, 0.5) is 0 Å². The van der Waals surface area contributed by atoms with Gasteiger partial charge in [-0.05, 0) is 46.7 Å². The smallest absolute Gasteiger partial charge is 0.00104 e. The first-order valence-electron chi connectivity index (χ1n) is 6.14. The van der Waals surface area contributed by atoms with E-state index in [0.717, 1.165) is 6.54 Å². The van der Waals surface area contributed by atoms with Crippen LogP contribution in [0.3, 0.4) is 0 Å². The lowest BCUT2D eigenvalue weighted by Gasteiger charge is -2.31. The Morgan fingerprint density at radius 3 is 2.44 bits per heavy atom. The van der Waals surface area contributed by atoms with E-state index in [-0.39, 0.29) is 0 Å². The van der Waals surface area contributed by atoms with Gasteiger partial charge in [0.15, 0.2) is 0 Å². The van der Waals surface area contributed by atoms with Crippen molar-refractivity contribution in [3.05, 3.63) is 22.4 Å². The summed E-state index contributed by atoms with van der Waals surface area (Å²) < 4.78 is 0. The molecule has 0 bridgehead atoms. The molecule has 0 radical (unpaired) electrons. The van der Waals surface area contributed by atoms with Gasteiger partial charge in [-0.25, -0.2) is 0 Å². The molecule has 0 saturated heterocycles. The van der Waals surface area contributed by atoms with Gasteiger partial charge in [-0.15, -0.1) is 0 Å². The predicted molar refractivity (Wildman–Crippen MR) is 74.1 cm³/mol. The molecule has 1 N–H and O–H groups in total. The predicted octanol–water partition coefficient (Wildman–Crippen LogP) is 3.95. The molecule has 0 aliphatic heterocycles. The molecule has 1 unspecified atom stereocenters. The highest BCUT2D eigenvalue weighted by molar-refractivity contribution is 7.07. The maximum absolute atomic E-state index is 3.57. The molecule has 0 spiro atoms. The normalized spacial score (nSPS) is 14.4. The van der Waals surface area contributed by atoms with E-state index in [1.807, 2.05) is 0 Å². The largest absolute Gasteiger partial charge is 0.314 e. The van der Waals surface area contributed by atoms with E-state index >= 15 is 0 Å². The zero-order valence-electron chi connectivity index (χ0n) is 11.2. The summed E-state index contributed by atoms with van der Waals surface area (Å²) in [5.41, 5.74) is 1.85. The maximum Gasteiger partial charge on any atom is 0.00104 e. The molecule has 0 aromatic carbocycles. The Hall–Kier alpha value is -0.340. The summed E-state index contributed by atoms with van der Waals surface area (Å²) in [6.07, 6.45) is 1.19. The number of hydrogen-bond acceptors (Lipinski definition) is 2. The molecule has 1 heterocycles. The van der Waals surface area contributed by atoms with E-state index in [4.69, 9.17) is 0 Å². The summed E-state index contributed by atoms with van der Waals surface area (Å²) in [4.78, 5) is 0. The first-order chi connectivity index (χ1) is 7.39. The number of rotatable bonds is 5. The zero-order valence-corrected chi connectivity index (χ0v) is 12.0. The average molecular weight is 239 g/mol. The molecule has 0 aliphatic rings. The summed E-state index contributed by atoms with van der Waals surface area (Å²) in [6, 6.07) is 2.83. The zero-order chi connectivity index (χ0) is 12.2. The SMILES string of the molecule is CC(C)NCC(Cc1ccsc1)C(C)(C)C. The van der Waals surface area contributed by atoms with Gasteiger partial charge in [0.05, 0.1) is 0 Å². The van der Waals surface area contributed by atoms with Crippen molar-refractivity contribution in [2.45, 2.75) is 47.1 Å². The quantitative estimate of drug-likeness (QED) is 0.820. The van der Waals surface area contributed by atoms with Gasteiger partial charge in [0.2, 0.25) is 0 Å². The fourth-order valence-electron chi connectivity index (χ4n) is 1.76. The van der Waals surface area contributed by atoms with Gasteiger partial charge >= 0.3 is 0 Å². The minimum Gasteiger partial charge on any atom is -0.314 e. The molecule has 1 nitrogen and oxygen atoms in total. The van der Waals surface area contributed by atoms with Gasteiger partial charge in [-0.1, -0.05) is 34.6 Å². The van der Waals surface area contributed by atoms with Crippen LogP contribution in [0.1, 0.15) is 40.2 Å². The Kier molecular flexibility index (Phi) is 5.00. The first kappa shape index (κ1) is 13.7. The van der Waals surface area contributed by atoms with Gasteiger partial charge in [-0.3, -0.25) is 0 Å². The Bertz CT molecular complexity index is 282. The molecule has 1 rings (SSSR count). The summed E-state index contributed by atoms with van der Waals surface area (Å²) in [5, 5.41) is 8.01. The van der Waals surface area contributed by atoms with Crippen LogP contribution in [0, 0.1) is 11.3 Å². The molecule has 0 fully saturated rings. The summed E-state index contributed by atoms with van der Waals surface area (Å²) in [5.74, 6) is 0.699. The van der Waals surface area contributed by atoms with E-state index in [0.29, 0.717) is 17.4 Å². The Morgan fingerprint density at radius 2 is 2.00 bits per heavy atom. The van der Waals surface area contributed by atoms with Gasteiger partial charge in [0.1, 0.15) is 0 Å². The molecule has 1 aromatic rings. The van der Waals surface area contributed by atoms with E-state index < -0.39 is 0 Å². The standard InChI is InChI=1S/C14H25NS/c1-11(2)15-9-13(14(3,4)5)8-12-6-7-16-10-12/h6-7,10-11,13,15H,8-9H2,1-5H3. The van der Waals surface area contributed by atoms with Gasteiger partial charge < -0.3 is 5.32 Å². The van der Waals surface area contributed by atoms with E-state index in [1.165, 1.54) is 12.0 Å². The summed E-state index contributed by atoms with van der Waals surface area (Å²) in [6.45, 7) is 12.6. The second-order valence-corrected chi connectivity index (χ2v) is 6.74. The monoisotopic (exact) mass is 239 g/mol. The number of thiophene rings is 1. The summed E-state index contributed by atoms with van der Waals surface area (Å²) >= 11 is 1.80. The fourth-order valence-corrected chi connectivity index (χ4v) is 2.44. The highest BCUT2D eigenvalue weighted by Gasteiger charge is 2.24. The summed E-state index contributed by atoms with van der Waals surface area (Å²) in [7, 11) is 0. The topological polar surface area (TPSA) is 12.0 Å². The Morgan fingerprint density at radius 1 is 1.31 bits per heavy atom. The molecule has 0 saturated carbocycles. The van der Waals surface area contributed by atoms with Crippen LogP contribution < -0.4 is 5.32 Å². The third-order valence-corrected chi connectivity index (χ3v) is 3.79. The highest BCUT2D eigenvalue weighted by Crippen LogP contribution is 2.29. The molecule has 0 aliphatic carbocycles. The minimum atomic E-state index is 0.365. The van der Waals surface area contributed by atoms with Crippen molar-refractivity contribution in [1.29, 1.82) is 0 Å². The fraction of sp³-hybridized carbons (Fsp3) is 0.714. The number of nitrogens with one attached hydrogen (secondary N) is 1. The average Bonchev–Trinajstić information content (AvgIpc) is 2.62. The van der Waals surface area contributed by atoms with E-state index in [1.54, 1.807) is 11.3 Å². The molecule has 2 heteroatoms. The van der Waals surface area contributed by atoms with E-state index in [9.17, 15) is 0 Å². The van der Waals surface area contributed by atoms with Crippen LogP contribution in [-0.4, -0.2) is 12.6 Å². The van der Waals surface area contributed by atoms with Crippen LogP contribution in [0.2, 0.25) is 0 Å². The molecule has 0 amide bonds. The van der Waals surface area contributed by atoms with Crippen LogP contribution >= 0.6 is 11.3 Å². The molecule has 92 valence electrons. The minimum absolute atomic E-state index is 0.365. The van der Waals surface area contributed by atoms with Crippen LogP contribution in [0.25, 0.3) is 0 Å².